The van der Waals surface area contributed by atoms with Crippen molar-refractivity contribution in [3.8, 4) is 5.75 Å². The zero-order valence-corrected chi connectivity index (χ0v) is 19.7. The molecular formula is C29H22N2O5. The number of aryl methyl sites for hydroxylation is 2. The van der Waals surface area contributed by atoms with Crippen LogP contribution in [0.2, 0.25) is 0 Å². The molecular weight excluding hydrogens is 456 g/mol. The number of hydrogen-bond donors (Lipinski definition) is 0. The van der Waals surface area contributed by atoms with Crippen molar-refractivity contribution in [2.24, 2.45) is 0 Å². The van der Waals surface area contributed by atoms with Crippen LogP contribution in [0.1, 0.15) is 44.6 Å². The molecule has 6 rings (SSSR count). The number of carbonyl (C=O) groups is 1. The van der Waals surface area contributed by atoms with E-state index in [0.717, 1.165) is 11.1 Å². The molecule has 0 spiro atoms. The summed E-state index contributed by atoms with van der Waals surface area (Å²) in [6.07, 6.45) is 0. The SMILES string of the molecule is Cc1ccc2oc3c(c(=O)c2c1)[C@H](c1cccc(OCc2ccccc2)c1)N(c1cc(C)on1)C3=O. The van der Waals surface area contributed by atoms with Crippen molar-refractivity contribution in [2.75, 3.05) is 4.90 Å². The minimum Gasteiger partial charge on any atom is -0.489 e. The summed E-state index contributed by atoms with van der Waals surface area (Å²) in [5, 5.41) is 4.51. The van der Waals surface area contributed by atoms with Crippen LogP contribution in [-0.4, -0.2) is 11.1 Å². The highest BCUT2D eigenvalue weighted by molar-refractivity contribution is 6.10. The van der Waals surface area contributed by atoms with E-state index >= 15 is 0 Å². The summed E-state index contributed by atoms with van der Waals surface area (Å²) in [5.41, 5.74) is 3.06. The number of amides is 1. The van der Waals surface area contributed by atoms with Crippen LogP contribution < -0.4 is 15.1 Å². The Balaban J connectivity index is 1.49. The Morgan fingerprint density at radius 3 is 2.56 bits per heavy atom. The lowest BCUT2D eigenvalue weighted by Gasteiger charge is -2.23. The minimum atomic E-state index is -0.751. The summed E-state index contributed by atoms with van der Waals surface area (Å²) >= 11 is 0. The van der Waals surface area contributed by atoms with Gasteiger partial charge in [-0.25, -0.2) is 0 Å². The lowest BCUT2D eigenvalue weighted by Crippen LogP contribution is -2.29. The Hall–Kier alpha value is -4.65. The first-order valence-electron chi connectivity index (χ1n) is 11.6. The average Bonchev–Trinajstić information content (AvgIpc) is 3.45. The molecule has 36 heavy (non-hydrogen) atoms. The number of rotatable bonds is 5. The summed E-state index contributed by atoms with van der Waals surface area (Å²) in [6.45, 7) is 4.05. The second kappa shape index (κ2) is 8.53. The molecule has 2 aromatic heterocycles. The van der Waals surface area contributed by atoms with E-state index in [1.54, 1.807) is 25.1 Å². The van der Waals surface area contributed by atoms with E-state index in [-0.39, 0.29) is 16.8 Å². The smallest absolute Gasteiger partial charge is 0.296 e. The van der Waals surface area contributed by atoms with Gasteiger partial charge in [0.25, 0.3) is 5.91 Å². The maximum absolute atomic E-state index is 13.8. The third-order valence-corrected chi connectivity index (χ3v) is 6.31. The fourth-order valence-electron chi connectivity index (χ4n) is 4.62. The van der Waals surface area contributed by atoms with E-state index < -0.39 is 11.9 Å². The van der Waals surface area contributed by atoms with Crippen LogP contribution in [0.15, 0.2) is 92.6 Å². The molecule has 0 N–H and O–H groups in total. The normalized spacial score (nSPS) is 14.9. The molecule has 1 atom stereocenters. The second-order valence-electron chi connectivity index (χ2n) is 8.89. The number of fused-ring (bicyclic) bond motifs is 2. The fourth-order valence-corrected chi connectivity index (χ4v) is 4.62. The van der Waals surface area contributed by atoms with Crippen LogP contribution >= 0.6 is 0 Å². The molecule has 0 radical (unpaired) electrons. The van der Waals surface area contributed by atoms with Crippen LogP contribution in [-0.2, 0) is 6.61 Å². The zero-order chi connectivity index (χ0) is 24.8. The maximum Gasteiger partial charge on any atom is 0.296 e. The summed E-state index contributed by atoms with van der Waals surface area (Å²) < 4.78 is 17.3. The molecule has 178 valence electrons. The van der Waals surface area contributed by atoms with Crippen molar-refractivity contribution in [1.82, 2.24) is 5.16 Å². The van der Waals surface area contributed by atoms with E-state index in [4.69, 9.17) is 13.7 Å². The number of benzene rings is 3. The standard InChI is InChI=1S/C29H22N2O5/c1-17-11-12-23-22(13-17)27(32)25-26(31(29(33)28(25)35-23)24-14-18(2)36-30-24)20-9-6-10-21(15-20)34-16-19-7-4-3-5-8-19/h3-15,26H,16H2,1-2H3/t26-/m0/s1. The Bertz CT molecular complexity index is 1670. The molecule has 0 fully saturated rings. The predicted molar refractivity (Wildman–Crippen MR) is 134 cm³/mol. The van der Waals surface area contributed by atoms with Gasteiger partial charge in [0.15, 0.2) is 11.2 Å². The van der Waals surface area contributed by atoms with Crippen LogP contribution in [0.4, 0.5) is 5.82 Å². The van der Waals surface area contributed by atoms with Gasteiger partial charge >= 0.3 is 0 Å². The topological polar surface area (TPSA) is 85.8 Å². The van der Waals surface area contributed by atoms with Gasteiger partial charge in [-0.1, -0.05) is 59.3 Å². The lowest BCUT2D eigenvalue weighted by atomic mass is 9.98. The molecule has 0 bridgehead atoms. The maximum atomic E-state index is 13.8. The van der Waals surface area contributed by atoms with Gasteiger partial charge < -0.3 is 13.7 Å². The van der Waals surface area contributed by atoms with E-state index in [0.29, 0.717) is 40.5 Å². The number of ether oxygens (including phenoxy) is 1. The van der Waals surface area contributed by atoms with E-state index in [1.165, 1.54) is 4.90 Å². The number of nitrogens with zero attached hydrogens (tertiary/aromatic N) is 2. The minimum absolute atomic E-state index is 0.0117. The van der Waals surface area contributed by atoms with Gasteiger partial charge in [-0.05, 0) is 49.2 Å². The number of aromatic nitrogens is 1. The Morgan fingerprint density at radius 1 is 0.944 bits per heavy atom. The average molecular weight is 479 g/mol. The first-order chi connectivity index (χ1) is 17.5. The molecule has 1 aliphatic heterocycles. The molecule has 1 amide bonds. The summed E-state index contributed by atoms with van der Waals surface area (Å²) in [7, 11) is 0. The van der Waals surface area contributed by atoms with E-state index in [2.05, 4.69) is 5.16 Å². The quantitative estimate of drug-likeness (QED) is 0.321. The van der Waals surface area contributed by atoms with Gasteiger partial charge in [0.2, 0.25) is 5.76 Å². The monoisotopic (exact) mass is 478 g/mol. The molecule has 7 heteroatoms. The molecule has 3 aromatic carbocycles. The summed E-state index contributed by atoms with van der Waals surface area (Å²) in [4.78, 5) is 28.8. The highest BCUT2D eigenvalue weighted by atomic mass is 16.5. The third kappa shape index (κ3) is 3.65. The van der Waals surface area contributed by atoms with Gasteiger partial charge in [0.05, 0.1) is 17.0 Å². The summed E-state index contributed by atoms with van der Waals surface area (Å²) in [6, 6.07) is 23.5. The van der Waals surface area contributed by atoms with Gasteiger partial charge in [0.1, 0.15) is 23.7 Å². The van der Waals surface area contributed by atoms with Crippen LogP contribution in [0.25, 0.3) is 11.0 Å². The predicted octanol–water partition coefficient (Wildman–Crippen LogP) is 5.73. The number of carbonyl (C=O) groups excluding carboxylic acids is 1. The van der Waals surface area contributed by atoms with Crippen LogP contribution in [0.3, 0.4) is 0 Å². The highest BCUT2D eigenvalue weighted by Crippen LogP contribution is 2.41. The van der Waals surface area contributed by atoms with Crippen molar-refractivity contribution in [2.45, 2.75) is 26.5 Å². The van der Waals surface area contributed by atoms with Crippen molar-refractivity contribution in [3.63, 3.8) is 0 Å². The van der Waals surface area contributed by atoms with Crippen LogP contribution in [0, 0.1) is 13.8 Å². The van der Waals surface area contributed by atoms with Crippen molar-refractivity contribution in [3.05, 3.63) is 123 Å². The van der Waals surface area contributed by atoms with Crippen molar-refractivity contribution >= 4 is 22.7 Å². The first-order valence-corrected chi connectivity index (χ1v) is 11.6. The Kier molecular flexibility index (Phi) is 5.18. The van der Waals surface area contributed by atoms with Crippen molar-refractivity contribution < 1.29 is 18.5 Å². The second-order valence-corrected chi connectivity index (χ2v) is 8.89. The van der Waals surface area contributed by atoms with Gasteiger partial charge in [-0.2, -0.15) is 0 Å². The number of hydrogen-bond acceptors (Lipinski definition) is 6. The molecule has 7 nitrogen and oxygen atoms in total. The molecule has 0 aliphatic carbocycles. The fraction of sp³-hybridized carbons (Fsp3) is 0.138. The number of anilines is 1. The van der Waals surface area contributed by atoms with Gasteiger partial charge in [0, 0.05) is 6.07 Å². The zero-order valence-electron chi connectivity index (χ0n) is 19.7. The Morgan fingerprint density at radius 2 is 1.78 bits per heavy atom. The van der Waals surface area contributed by atoms with E-state index in [9.17, 15) is 9.59 Å². The molecule has 5 aromatic rings. The highest BCUT2D eigenvalue weighted by Gasteiger charge is 2.45. The largest absolute Gasteiger partial charge is 0.489 e. The molecule has 0 saturated carbocycles. The summed E-state index contributed by atoms with van der Waals surface area (Å²) in [5.74, 6) is 1.04. The first kappa shape index (κ1) is 21.9. The molecule has 1 aliphatic rings. The molecule has 0 unspecified atom stereocenters. The van der Waals surface area contributed by atoms with Gasteiger partial charge in [-0.3, -0.25) is 14.5 Å². The molecule has 3 heterocycles. The van der Waals surface area contributed by atoms with Crippen molar-refractivity contribution in [1.29, 1.82) is 0 Å². The third-order valence-electron chi connectivity index (χ3n) is 6.31. The molecule has 0 saturated heterocycles. The lowest BCUT2D eigenvalue weighted by molar-refractivity contribution is 0.0969. The van der Waals surface area contributed by atoms with Crippen LogP contribution in [0.5, 0.6) is 5.75 Å². The van der Waals surface area contributed by atoms with E-state index in [1.807, 2.05) is 67.6 Å². The van der Waals surface area contributed by atoms with Gasteiger partial charge in [-0.15, -0.1) is 0 Å². The Labute approximate surface area is 206 Å².